The van der Waals surface area contributed by atoms with E-state index in [4.69, 9.17) is 0 Å². The number of nitrogens with zero attached hydrogens (tertiary/aromatic N) is 2. The Hall–Kier alpha value is -2.04. The van der Waals surface area contributed by atoms with Crippen molar-refractivity contribution in [2.45, 2.75) is 71.0 Å². The number of fused-ring (bicyclic) bond motifs is 1. The van der Waals surface area contributed by atoms with Crippen LogP contribution in [-0.2, 0) is 17.9 Å². The van der Waals surface area contributed by atoms with Gasteiger partial charge in [0.2, 0.25) is 5.91 Å². The van der Waals surface area contributed by atoms with E-state index in [1.807, 2.05) is 28.8 Å². The lowest BCUT2D eigenvalue weighted by molar-refractivity contribution is -0.125. The van der Waals surface area contributed by atoms with Gasteiger partial charge in [-0.05, 0) is 74.3 Å². The maximum atomic E-state index is 12.9. The first-order valence-corrected chi connectivity index (χ1v) is 11.1. The van der Waals surface area contributed by atoms with Gasteiger partial charge in [-0.3, -0.25) is 13.9 Å². The molecule has 1 amide bonds. The third-order valence-electron chi connectivity index (χ3n) is 7.49. The largest absolute Gasteiger partial charge is 0.353 e. The lowest BCUT2D eigenvalue weighted by atomic mass is 9.54. The van der Waals surface area contributed by atoms with Gasteiger partial charge < -0.3 is 5.32 Å². The molecule has 0 unspecified atom stereocenters. The first-order chi connectivity index (χ1) is 13.6. The van der Waals surface area contributed by atoms with Gasteiger partial charge in [0.05, 0.1) is 11.0 Å². The van der Waals surface area contributed by atoms with Crippen LogP contribution in [-0.4, -0.2) is 21.1 Å². The molecule has 28 heavy (non-hydrogen) atoms. The highest BCUT2D eigenvalue weighted by Gasteiger charge is 2.48. The number of carbonyl (C=O) groups excluding carboxylic acids is 1. The van der Waals surface area contributed by atoms with Crippen LogP contribution in [0.4, 0.5) is 0 Å². The van der Waals surface area contributed by atoms with Gasteiger partial charge >= 0.3 is 5.69 Å². The van der Waals surface area contributed by atoms with Gasteiger partial charge in [0.25, 0.3) is 0 Å². The monoisotopic (exact) mass is 381 g/mol. The SMILES string of the molecule is CCCn1c(=O)n(CCC(=O)NC2C3CC4CC(C3)CC2C4)c2ccccc21. The molecule has 5 heteroatoms. The number of amides is 1. The molecule has 4 bridgehead atoms. The molecule has 6 rings (SSSR count). The zero-order chi connectivity index (χ0) is 19.3. The topological polar surface area (TPSA) is 56.0 Å². The average Bonchev–Trinajstić information content (AvgIpc) is 2.94. The summed E-state index contributed by atoms with van der Waals surface area (Å²) in [6.45, 7) is 3.25. The predicted molar refractivity (Wildman–Crippen MR) is 110 cm³/mol. The number of rotatable bonds is 6. The second kappa shape index (κ2) is 7.09. The van der Waals surface area contributed by atoms with Crippen LogP contribution < -0.4 is 11.0 Å². The van der Waals surface area contributed by atoms with Crippen molar-refractivity contribution >= 4 is 16.9 Å². The Kier molecular flexibility index (Phi) is 4.56. The second-order valence-corrected chi connectivity index (χ2v) is 9.35. The standard InChI is InChI=1S/C23H31N3O2/c1-2-8-25-19-5-3-4-6-20(19)26(23(25)28)9-7-21(27)24-22-17-11-15-10-16(13-17)14-18(22)12-15/h3-6,15-18,22H,2,7-14H2,1H3,(H,24,27). The zero-order valence-electron chi connectivity index (χ0n) is 16.8. The van der Waals surface area contributed by atoms with E-state index >= 15 is 0 Å². The van der Waals surface area contributed by atoms with E-state index in [-0.39, 0.29) is 11.6 Å². The van der Waals surface area contributed by atoms with E-state index in [9.17, 15) is 9.59 Å². The molecule has 1 aromatic carbocycles. The summed E-state index contributed by atoms with van der Waals surface area (Å²) in [6.07, 6.45) is 7.95. The molecule has 2 aromatic rings. The fourth-order valence-corrected chi connectivity index (χ4v) is 6.56. The van der Waals surface area contributed by atoms with Crippen molar-refractivity contribution in [1.82, 2.24) is 14.5 Å². The van der Waals surface area contributed by atoms with Crippen LogP contribution in [0.3, 0.4) is 0 Å². The number of nitrogens with one attached hydrogen (secondary N) is 1. The highest BCUT2D eigenvalue weighted by molar-refractivity contribution is 5.78. The number of hydrogen-bond acceptors (Lipinski definition) is 2. The minimum absolute atomic E-state index is 0.00507. The number of aryl methyl sites for hydroxylation is 2. The number of imidazole rings is 1. The van der Waals surface area contributed by atoms with Crippen LogP contribution in [0.1, 0.15) is 51.9 Å². The molecular weight excluding hydrogens is 350 g/mol. The molecule has 1 aromatic heterocycles. The Balaban J connectivity index is 1.28. The van der Waals surface area contributed by atoms with E-state index in [2.05, 4.69) is 12.2 Å². The van der Waals surface area contributed by atoms with Gasteiger partial charge in [0, 0.05) is 25.6 Å². The highest BCUT2D eigenvalue weighted by Crippen LogP contribution is 2.53. The van der Waals surface area contributed by atoms with Crippen molar-refractivity contribution in [1.29, 1.82) is 0 Å². The molecule has 0 atom stereocenters. The minimum Gasteiger partial charge on any atom is -0.353 e. The Morgan fingerprint density at radius 3 is 2.11 bits per heavy atom. The Labute approximate surface area is 166 Å². The molecule has 150 valence electrons. The summed E-state index contributed by atoms with van der Waals surface area (Å²) in [5.41, 5.74) is 1.91. The van der Waals surface area contributed by atoms with Gasteiger partial charge in [-0.25, -0.2) is 4.79 Å². The summed E-state index contributed by atoms with van der Waals surface area (Å²) in [5, 5.41) is 3.37. The van der Waals surface area contributed by atoms with Crippen molar-refractivity contribution in [3.8, 4) is 0 Å². The van der Waals surface area contributed by atoms with Gasteiger partial charge in [0.1, 0.15) is 0 Å². The minimum atomic E-state index is 0.00507. The number of hydrogen-bond donors (Lipinski definition) is 1. The van der Waals surface area contributed by atoms with E-state index < -0.39 is 0 Å². The van der Waals surface area contributed by atoms with E-state index in [0.717, 1.165) is 29.3 Å². The second-order valence-electron chi connectivity index (χ2n) is 9.35. The fraction of sp³-hybridized carbons (Fsp3) is 0.652. The molecule has 4 fully saturated rings. The number of carbonyl (C=O) groups is 1. The molecule has 1 heterocycles. The molecule has 0 radical (unpaired) electrons. The Morgan fingerprint density at radius 2 is 1.54 bits per heavy atom. The molecule has 0 saturated heterocycles. The average molecular weight is 382 g/mol. The zero-order valence-corrected chi connectivity index (χ0v) is 16.8. The van der Waals surface area contributed by atoms with Crippen molar-refractivity contribution in [2.75, 3.05) is 0 Å². The number of benzene rings is 1. The summed E-state index contributed by atoms with van der Waals surface area (Å²) in [4.78, 5) is 25.6. The first kappa shape index (κ1) is 18.0. The van der Waals surface area contributed by atoms with Gasteiger partial charge in [-0.1, -0.05) is 19.1 Å². The van der Waals surface area contributed by atoms with Crippen molar-refractivity contribution in [3.63, 3.8) is 0 Å². The third kappa shape index (κ3) is 2.99. The quantitative estimate of drug-likeness (QED) is 0.832. The molecular formula is C23H31N3O2. The number of aromatic nitrogens is 2. The molecule has 4 aliphatic rings. The van der Waals surface area contributed by atoms with Crippen LogP contribution in [0, 0.1) is 23.7 Å². The Morgan fingerprint density at radius 1 is 0.964 bits per heavy atom. The summed E-state index contributed by atoms with van der Waals surface area (Å²) in [5.74, 6) is 3.32. The normalized spacial score (nSPS) is 30.8. The summed E-state index contributed by atoms with van der Waals surface area (Å²) in [6, 6.07) is 8.29. The Bertz CT molecular complexity index is 913. The smallest absolute Gasteiger partial charge is 0.329 e. The van der Waals surface area contributed by atoms with Crippen LogP contribution in [0.5, 0.6) is 0 Å². The van der Waals surface area contributed by atoms with Crippen molar-refractivity contribution < 1.29 is 4.79 Å². The molecule has 1 N–H and O–H groups in total. The molecule has 5 nitrogen and oxygen atoms in total. The predicted octanol–water partition coefficient (Wildman–Crippen LogP) is 3.54. The molecule has 0 aliphatic heterocycles. The van der Waals surface area contributed by atoms with E-state index in [0.29, 0.717) is 37.4 Å². The van der Waals surface area contributed by atoms with E-state index in [1.54, 1.807) is 4.57 Å². The maximum Gasteiger partial charge on any atom is 0.329 e. The summed E-state index contributed by atoms with van der Waals surface area (Å²) in [7, 11) is 0. The lowest BCUT2D eigenvalue weighted by Gasteiger charge is -2.54. The van der Waals surface area contributed by atoms with Gasteiger partial charge in [0.15, 0.2) is 0 Å². The lowest BCUT2D eigenvalue weighted by Crippen LogP contribution is -2.55. The first-order valence-electron chi connectivity index (χ1n) is 11.1. The molecule has 4 aliphatic carbocycles. The fourth-order valence-electron chi connectivity index (χ4n) is 6.56. The van der Waals surface area contributed by atoms with Crippen LogP contribution >= 0.6 is 0 Å². The van der Waals surface area contributed by atoms with Gasteiger partial charge in [-0.15, -0.1) is 0 Å². The van der Waals surface area contributed by atoms with E-state index in [1.165, 1.54) is 32.1 Å². The third-order valence-corrected chi connectivity index (χ3v) is 7.49. The van der Waals surface area contributed by atoms with Crippen LogP contribution in [0.25, 0.3) is 11.0 Å². The van der Waals surface area contributed by atoms with Crippen LogP contribution in [0.15, 0.2) is 29.1 Å². The van der Waals surface area contributed by atoms with Crippen molar-refractivity contribution in [2.24, 2.45) is 23.7 Å². The van der Waals surface area contributed by atoms with Gasteiger partial charge in [-0.2, -0.15) is 0 Å². The number of para-hydroxylation sites is 2. The molecule has 0 spiro atoms. The molecule has 4 saturated carbocycles. The van der Waals surface area contributed by atoms with Crippen molar-refractivity contribution in [3.05, 3.63) is 34.7 Å². The summed E-state index contributed by atoms with van der Waals surface area (Å²) < 4.78 is 3.62. The maximum absolute atomic E-state index is 12.9. The highest BCUT2D eigenvalue weighted by atomic mass is 16.2. The summed E-state index contributed by atoms with van der Waals surface area (Å²) >= 11 is 0. The van der Waals surface area contributed by atoms with Crippen LogP contribution in [0.2, 0.25) is 0 Å².